The molecule has 0 saturated carbocycles. The summed E-state index contributed by atoms with van der Waals surface area (Å²) in [6.07, 6.45) is 0. The van der Waals surface area contributed by atoms with E-state index in [9.17, 15) is 4.79 Å². The number of carbonyl (C=O) groups is 1. The van der Waals surface area contributed by atoms with Gasteiger partial charge < -0.3 is 15.8 Å². The van der Waals surface area contributed by atoms with E-state index < -0.39 is 6.04 Å². The van der Waals surface area contributed by atoms with Crippen LogP contribution >= 0.6 is 0 Å². The number of methoxy groups -OCH3 is 1. The lowest BCUT2D eigenvalue weighted by atomic mass is 10.1. The van der Waals surface area contributed by atoms with E-state index in [1.165, 1.54) is 0 Å². The van der Waals surface area contributed by atoms with E-state index in [1.54, 1.807) is 7.11 Å². The summed E-state index contributed by atoms with van der Waals surface area (Å²) in [6, 6.07) is 16.2. The van der Waals surface area contributed by atoms with Crippen LogP contribution in [-0.4, -0.2) is 13.0 Å². The standard InChI is InChI=1S/C16H18N2O2/c1-20-14-9-5-6-12(10-14)11-18-16(19)15(17)13-7-3-2-4-8-13/h2-10,15H,11,17H2,1H3,(H,18,19). The largest absolute Gasteiger partial charge is 0.497 e. The lowest BCUT2D eigenvalue weighted by Gasteiger charge is -2.13. The molecule has 1 amide bonds. The molecule has 20 heavy (non-hydrogen) atoms. The highest BCUT2D eigenvalue weighted by molar-refractivity contribution is 5.82. The van der Waals surface area contributed by atoms with Crippen LogP contribution in [0.1, 0.15) is 17.2 Å². The van der Waals surface area contributed by atoms with Crippen LogP contribution in [0.3, 0.4) is 0 Å². The van der Waals surface area contributed by atoms with E-state index in [4.69, 9.17) is 10.5 Å². The van der Waals surface area contributed by atoms with E-state index in [2.05, 4.69) is 5.32 Å². The van der Waals surface area contributed by atoms with Gasteiger partial charge in [-0.25, -0.2) is 0 Å². The van der Waals surface area contributed by atoms with Crippen LogP contribution < -0.4 is 15.8 Å². The van der Waals surface area contributed by atoms with Crippen LogP contribution in [0.25, 0.3) is 0 Å². The molecule has 0 bridgehead atoms. The number of carbonyl (C=O) groups excluding carboxylic acids is 1. The Morgan fingerprint density at radius 3 is 2.65 bits per heavy atom. The molecule has 0 aliphatic heterocycles. The van der Waals surface area contributed by atoms with E-state index in [0.29, 0.717) is 6.54 Å². The third kappa shape index (κ3) is 3.59. The van der Waals surface area contributed by atoms with E-state index in [-0.39, 0.29) is 5.91 Å². The summed E-state index contributed by atoms with van der Waals surface area (Å²) >= 11 is 0. The van der Waals surface area contributed by atoms with E-state index in [0.717, 1.165) is 16.9 Å². The van der Waals surface area contributed by atoms with E-state index in [1.807, 2.05) is 54.6 Å². The van der Waals surface area contributed by atoms with Crippen molar-refractivity contribution >= 4 is 5.91 Å². The molecule has 2 aromatic rings. The van der Waals surface area contributed by atoms with Gasteiger partial charge in [-0.05, 0) is 23.3 Å². The summed E-state index contributed by atoms with van der Waals surface area (Å²) in [4.78, 5) is 12.0. The van der Waals surface area contributed by atoms with Gasteiger partial charge in [-0.2, -0.15) is 0 Å². The van der Waals surface area contributed by atoms with Gasteiger partial charge in [0.2, 0.25) is 5.91 Å². The van der Waals surface area contributed by atoms with E-state index >= 15 is 0 Å². The Hall–Kier alpha value is -2.33. The molecule has 0 radical (unpaired) electrons. The minimum Gasteiger partial charge on any atom is -0.497 e. The highest BCUT2D eigenvalue weighted by Gasteiger charge is 2.14. The van der Waals surface area contributed by atoms with Crippen molar-refractivity contribution in [3.63, 3.8) is 0 Å². The molecule has 0 saturated heterocycles. The topological polar surface area (TPSA) is 64.3 Å². The molecule has 2 rings (SSSR count). The zero-order valence-corrected chi connectivity index (χ0v) is 11.4. The van der Waals surface area contributed by atoms with Crippen LogP contribution in [0.15, 0.2) is 54.6 Å². The highest BCUT2D eigenvalue weighted by Crippen LogP contribution is 2.13. The van der Waals surface area contributed by atoms with Gasteiger partial charge in [-0.15, -0.1) is 0 Å². The maximum Gasteiger partial charge on any atom is 0.241 e. The molecule has 0 aliphatic carbocycles. The maximum absolute atomic E-state index is 12.0. The average Bonchev–Trinajstić information content (AvgIpc) is 2.53. The number of hydrogen-bond acceptors (Lipinski definition) is 3. The van der Waals surface area contributed by atoms with Crippen LogP contribution in [-0.2, 0) is 11.3 Å². The molecule has 0 spiro atoms. The Bertz CT molecular complexity index is 570. The summed E-state index contributed by atoms with van der Waals surface area (Å²) in [5, 5.41) is 2.83. The number of hydrogen-bond donors (Lipinski definition) is 2. The maximum atomic E-state index is 12.0. The zero-order chi connectivity index (χ0) is 14.4. The molecule has 2 aromatic carbocycles. The summed E-state index contributed by atoms with van der Waals surface area (Å²) in [5.74, 6) is 0.572. The van der Waals surface area contributed by atoms with Gasteiger partial charge >= 0.3 is 0 Å². The molecule has 1 unspecified atom stereocenters. The third-order valence-corrected chi connectivity index (χ3v) is 3.04. The third-order valence-electron chi connectivity index (χ3n) is 3.04. The predicted octanol–water partition coefficient (Wildman–Crippen LogP) is 2.01. The molecule has 4 nitrogen and oxygen atoms in total. The number of nitrogens with one attached hydrogen (secondary N) is 1. The lowest BCUT2D eigenvalue weighted by Crippen LogP contribution is -2.33. The van der Waals surface area contributed by atoms with Gasteiger partial charge in [0.15, 0.2) is 0 Å². The molecule has 0 fully saturated rings. The first-order chi connectivity index (χ1) is 9.70. The molecular weight excluding hydrogens is 252 g/mol. The van der Waals surface area contributed by atoms with Crippen LogP contribution in [0.5, 0.6) is 5.75 Å². The Morgan fingerprint density at radius 2 is 1.95 bits per heavy atom. The van der Waals surface area contributed by atoms with Crippen molar-refractivity contribution in [2.45, 2.75) is 12.6 Å². The zero-order valence-electron chi connectivity index (χ0n) is 11.4. The second-order valence-corrected chi connectivity index (χ2v) is 4.46. The molecule has 0 aliphatic rings. The summed E-state index contributed by atoms with van der Waals surface area (Å²) in [6.45, 7) is 0.427. The van der Waals surface area contributed by atoms with Crippen molar-refractivity contribution in [1.82, 2.24) is 5.32 Å². The summed E-state index contributed by atoms with van der Waals surface area (Å²) in [5.41, 5.74) is 7.69. The minimum absolute atomic E-state index is 0.195. The first kappa shape index (κ1) is 14.1. The quantitative estimate of drug-likeness (QED) is 0.873. The first-order valence-corrected chi connectivity index (χ1v) is 6.42. The number of rotatable bonds is 5. The van der Waals surface area contributed by atoms with Crippen molar-refractivity contribution in [2.24, 2.45) is 5.73 Å². The van der Waals surface area contributed by atoms with Gasteiger partial charge in [0.1, 0.15) is 11.8 Å². The molecule has 1 atom stereocenters. The van der Waals surface area contributed by atoms with Crippen molar-refractivity contribution in [1.29, 1.82) is 0 Å². The van der Waals surface area contributed by atoms with Crippen molar-refractivity contribution in [3.05, 3.63) is 65.7 Å². The number of amides is 1. The van der Waals surface area contributed by atoms with Crippen molar-refractivity contribution in [3.8, 4) is 5.75 Å². The Balaban J connectivity index is 1.95. The van der Waals surface area contributed by atoms with Crippen LogP contribution in [0.2, 0.25) is 0 Å². The summed E-state index contributed by atoms with van der Waals surface area (Å²) in [7, 11) is 1.61. The Labute approximate surface area is 118 Å². The summed E-state index contributed by atoms with van der Waals surface area (Å²) < 4.78 is 5.14. The Kier molecular flexibility index (Phi) is 4.74. The molecular formula is C16H18N2O2. The fourth-order valence-corrected chi connectivity index (χ4v) is 1.89. The number of benzene rings is 2. The average molecular weight is 270 g/mol. The second kappa shape index (κ2) is 6.73. The molecule has 0 heterocycles. The molecule has 104 valence electrons. The van der Waals surface area contributed by atoms with Gasteiger partial charge in [0.05, 0.1) is 7.11 Å². The Morgan fingerprint density at radius 1 is 1.20 bits per heavy atom. The number of nitrogens with two attached hydrogens (primary N) is 1. The fourth-order valence-electron chi connectivity index (χ4n) is 1.89. The van der Waals surface area contributed by atoms with Gasteiger partial charge in [-0.1, -0.05) is 42.5 Å². The second-order valence-electron chi connectivity index (χ2n) is 4.46. The fraction of sp³-hybridized carbons (Fsp3) is 0.188. The SMILES string of the molecule is COc1cccc(CNC(=O)C(N)c2ccccc2)c1. The van der Waals surface area contributed by atoms with Crippen LogP contribution in [0, 0.1) is 0 Å². The lowest BCUT2D eigenvalue weighted by molar-refractivity contribution is -0.122. The molecule has 0 aromatic heterocycles. The monoisotopic (exact) mass is 270 g/mol. The smallest absolute Gasteiger partial charge is 0.241 e. The predicted molar refractivity (Wildman–Crippen MR) is 78.2 cm³/mol. The molecule has 3 N–H and O–H groups in total. The molecule has 4 heteroatoms. The van der Waals surface area contributed by atoms with Crippen molar-refractivity contribution in [2.75, 3.05) is 7.11 Å². The van der Waals surface area contributed by atoms with Crippen molar-refractivity contribution < 1.29 is 9.53 Å². The van der Waals surface area contributed by atoms with Gasteiger partial charge in [0, 0.05) is 6.54 Å². The van der Waals surface area contributed by atoms with Gasteiger partial charge in [0.25, 0.3) is 0 Å². The van der Waals surface area contributed by atoms with Crippen LogP contribution in [0.4, 0.5) is 0 Å². The number of ether oxygens (including phenoxy) is 1. The highest BCUT2D eigenvalue weighted by atomic mass is 16.5. The normalized spacial score (nSPS) is 11.7. The minimum atomic E-state index is -0.651. The van der Waals surface area contributed by atoms with Gasteiger partial charge in [-0.3, -0.25) is 4.79 Å². The first-order valence-electron chi connectivity index (χ1n) is 6.42.